The molecule has 0 saturated heterocycles. The Morgan fingerprint density at radius 1 is 1.19 bits per heavy atom. The summed E-state index contributed by atoms with van der Waals surface area (Å²) in [5.74, 6) is -1.15. The number of methoxy groups -OCH3 is 2. The van der Waals surface area contributed by atoms with E-state index in [2.05, 4.69) is 5.32 Å². The van der Waals surface area contributed by atoms with Gasteiger partial charge in [-0.3, -0.25) is 9.59 Å². The van der Waals surface area contributed by atoms with Gasteiger partial charge in [-0.2, -0.15) is 0 Å². The summed E-state index contributed by atoms with van der Waals surface area (Å²) in [6.07, 6.45) is 0.513. The van der Waals surface area contributed by atoms with Crippen molar-refractivity contribution in [3.05, 3.63) is 47.0 Å². The number of ketones is 2. The van der Waals surface area contributed by atoms with Gasteiger partial charge < -0.3 is 25.3 Å². The molecule has 3 N–H and O–H groups in total. The molecule has 1 aliphatic carbocycles. The molecular weight excluding hydrogens is 420 g/mol. The standard InChI is InChI=1S/C23H25ClN2O5/c1-12-9-15(26-13-7-5-4-6-8-13)14(11-25)21(27)23(12)22(28)18-16(29-2)10-17(30-3)19(24)20(18)31-23/h4-8,10,12,14-15,26H,9,11,25H2,1-3H3/t12-,14?,15?,23+/m1/s1. The third-order valence-electron chi connectivity index (χ3n) is 6.29. The lowest BCUT2D eigenvalue weighted by Crippen LogP contribution is -2.64. The molecule has 164 valence electrons. The average molecular weight is 445 g/mol. The van der Waals surface area contributed by atoms with Crippen LogP contribution < -0.4 is 25.3 Å². The third-order valence-corrected chi connectivity index (χ3v) is 6.65. The molecule has 0 radical (unpaired) electrons. The van der Waals surface area contributed by atoms with Crippen LogP contribution in [0.3, 0.4) is 0 Å². The molecule has 2 aromatic rings. The number of benzene rings is 2. The van der Waals surface area contributed by atoms with Crippen molar-refractivity contribution in [2.75, 3.05) is 26.1 Å². The second-order valence-corrected chi connectivity index (χ2v) is 8.30. The van der Waals surface area contributed by atoms with Gasteiger partial charge in [0.2, 0.25) is 11.4 Å². The maximum Gasteiger partial charge on any atom is 0.232 e. The van der Waals surface area contributed by atoms with Crippen molar-refractivity contribution < 1.29 is 23.8 Å². The Morgan fingerprint density at radius 2 is 1.87 bits per heavy atom. The highest BCUT2D eigenvalue weighted by atomic mass is 35.5. The summed E-state index contributed by atoms with van der Waals surface area (Å²) in [5.41, 5.74) is 5.38. The molecule has 4 atom stereocenters. The maximum atomic E-state index is 13.8. The van der Waals surface area contributed by atoms with Gasteiger partial charge in [-0.15, -0.1) is 0 Å². The summed E-state index contributed by atoms with van der Waals surface area (Å²) in [5, 5.41) is 3.54. The van der Waals surface area contributed by atoms with Crippen LogP contribution >= 0.6 is 11.6 Å². The molecule has 2 unspecified atom stereocenters. The number of carbonyl (C=O) groups excluding carboxylic acids is 2. The molecular formula is C23H25ClN2O5. The van der Waals surface area contributed by atoms with Crippen molar-refractivity contribution in [2.24, 2.45) is 17.6 Å². The molecule has 31 heavy (non-hydrogen) atoms. The van der Waals surface area contributed by atoms with Gasteiger partial charge in [-0.25, -0.2) is 0 Å². The van der Waals surface area contributed by atoms with Crippen molar-refractivity contribution in [1.82, 2.24) is 0 Å². The van der Waals surface area contributed by atoms with Gasteiger partial charge in [0.25, 0.3) is 0 Å². The zero-order chi connectivity index (χ0) is 22.3. The number of para-hydroxylation sites is 1. The number of anilines is 1. The zero-order valence-electron chi connectivity index (χ0n) is 17.6. The predicted octanol–water partition coefficient (Wildman–Crippen LogP) is 3.34. The zero-order valence-corrected chi connectivity index (χ0v) is 18.4. The average Bonchev–Trinajstić information content (AvgIpc) is 3.09. The Hall–Kier alpha value is -2.77. The van der Waals surface area contributed by atoms with E-state index in [0.717, 1.165) is 5.69 Å². The van der Waals surface area contributed by atoms with E-state index in [1.807, 2.05) is 37.3 Å². The second kappa shape index (κ2) is 8.05. The fourth-order valence-corrected chi connectivity index (χ4v) is 4.94. The predicted molar refractivity (Wildman–Crippen MR) is 117 cm³/mol. The molecule has 0 aromatic heterocycles. The first-order chi connectivity index (χ1) is 14.9. The van der Waals surface area contributed by atoms with Crippen LogP contribution in [0.4, 0.5) is 5.69 Å². The normalized spacial score (nSPS) is 27.1. The van der Waals surface area contributed by atoms with Crippen LogP contribution in [0.15, 0.2) is 36.4 Å². The third kappa shape index (κ3) is 3.15. The smallest absolute Gasteiger partial charge is 0.232 e. The highest BCUT2D eigenvalue weighted by Crippen LogP contribution is 2.53. The van der Waals surface area contributed by atoms with Gasteiger partial charge in [-0.05, 0) is 18.6 Å². The van der Waals surface area contributed by atoms with E-state index in [4.69, 9.17) is 31.5 Å². The van der Waals surface area contributed by atoms with Crippen LogP contribution in [0.2, 0.25) is 5.02 Å². The minimum absolute atomic E-state index is 0.0823. The summed E-state index contributed by atoms with van der Waals surface area (Å²) >= 11 is 6.45. The largest absolute Gasteiger partial charge is 0.496 e. The van der Waals surface area contributed by atoms with Crippen LogP contribution in [0.25, 0.3) is 0 Å². The van der Waals surface area contributed by atoms with Gasteiger partial charge in [0.1, 0.15) is 22.1 Å². The molecule has 1 fully saturated rings. The number of fused-ring (bicyclic) bond motifs is 1. The van der Waals surface area contributed by atoms with Gasteiger partial charge in [-0.1, -0.05) is 36.7 Å². The second-order valence-electron chi connectivity index (χ2n) is 7.93. The number of nitrogens with one attached hydrogen (secondary N) is 1. The van der Waals surface area contributed by atoms with E-state index < -0.39 is 23.2 Å². The lowest BCUT2D eigenvalue weighted by atomic mass is 9.66. The molecule has 1 spiro atoms. The fourth-order valence-electron chi connectivity index (χ4n) is 4.68. The molecule has 1 heterocycles. The number of ether oxygens (including phenoxy) is 3. The molecule has 2 aliphatic rings. The molecule has 8 heteroatoms. The quantitative estimate of drug-likeness (QED) is 0.682. The lowest BCUT2D eigenvalue weighted by molar-refractivity contribution is -0.141. The first-order valence-corrected chi connectivity index (χ1v) is 10.5. The van der Waals surface area contributed by atoms with Crippen LogP contribution in [-0.2, 0) is 4.79 Å². The van der Waals surface area contributed by atoms with Gasteiger partial charge in [0.15, 0.2) is 11.5 Å². The Balaban J connectivity index is 1.75. The Morgan fingerprint density at radius 3 is 2.48 bits per heavy atom. The van der Waals surface area contributed by atoms with Crippen LogP contribution in [0.1, 0.15) is 23.7 Å². The lowest BCUT2D eigenvalue weighted by Gasteiger charge is -2.43. The molecule has 7 nitrogen and oxygen atoms in total. The fraction of sp³-hybridized carbons (Fsp3) is 0.391. The number of nitrogens with two attached hydrogens (primary N) is 1. The molecule has 2 aromatic carbocycles. The summed E-state index contributed by atoms with van der Waals surface area (Å²) in [6.45, 7) is 1.92. The molecule has 1 aliphatic heterocycles. The van der Waals surface area contributed by atoms with Crippen molar-refractivity contribution in [1.29, 1.82) is 0 Å². The van der Waals surface area contributed by atoms with Gasteiger partial charge in [0.05, 0.1) is 20.1 Å². The highest BCUT2D eigenvalue weighted by Gasteiger charge is 2.64. The van der Waals surface area contributed by atoms with Crippen LogP contribution in [0.5, 0.6) is 17.2 Å². The number of hydrogen-bond acceptors (Lipinski definition) is 7. The first kappa shape index (κ1) is 21.5. The van der Waals surface area contributed by atoms with Crippen molar-refractivity contribution in [3.8, 4) is 17.2 Å². The highest BCUT2D eigenvalue weighted by molar-refractivity contribution is 6.36. The van der Waals surface area contributed by atoms with Crippen molar-refractivity contribution in [3.63, 3.8) is 0 Å². The summed E-state index contributed by atoms with van der Waals surface area (Å²) in [6, 6.07) is 10.9. The number of halogens is 1. The minimum Gasteiger partial charge on any atom is -0.496 e. The van der Waals surface area contributed by atoms with E-state index in [0.29, 0.717) is 12.2 Å². The molecule has 4 rings (SSSR count). The van der Waals surface area contributed by atoms with Crippen LogP contribution in [0, 0.1) is 11.8 Å². The number of rotatable bonds is 5. The number of Topliss-reactive ketones (excluding diaryl/α,β-unsaturated/α-hetero) is 2. The van der Waals surface area contributed by atoms with Crippen LogP contribution in [-0.4, -0.2) is 44.0 Å². The maximum absolute atomic E-state index is 13.8. The number of hydrogen-bond donors (Lipinski definition) is 2. The molecule has 0 amide bonds. The summed E-state index contributed by atoms with van der Waals surface area (Å²) in [7, 11) is 2.90. The van der Waals surface area contributed by atoms with E-state index in [9.17, 15) is 9.59 Å². The summed E-state index contributed by atoms with van der Waals surface area (Å²) in [4.78, 5) is 27.4. The number of carbonyl (C=O) groups is 2. The van der Waals surface area contributed by atoms with E-state index >= 15 is 0 Å². The van der Waals surface area contributed by atoms with E-state index in [1.54, 1.807) is 0 Å². The van der Waals surface area contributed by atoms with Gasteiger partial charge >= 0.3 is 0 Å². The van der Waals surface area contributed by atoms with Crippen molar-refractivity contribution in [2.45, 2.75) is 25.0 Å². The first-order valence-electron chi connectivity index (χ1n) is 10.1. The minimum atomic E-state index is -1.69. The summed E-state index contributed by atoms with van der Waals surface area (Å²) < 4.78 is 16.8. The van der Waals surface area contributed by atoms with Gasteiger partial charge in [0, 0.05) is 30.3 Å². The Kier molecular flexibility index (Phi) is 5.58. The topological polar surface area (TPSA) is 99.9 Å². The molecule has 0 bridgehead atoms. The Bertz CT molecular complexity index is 1030. The van der Waals surface area contributed by atoms with Crippen molar-refractivity contribution >= 4 is 28.9 Å². The monoisotopic (exact) mass is 444 g/mol. The molecule has 1 saturated carbocycles. The SMILES string of the molecule is COc1cc(OC)c2c(c1Cl)O[C@]1(C2=O)C(=O)C(CN)C(Nc2ccccc2)C[C@H]1C. The Labute approximate surface area is 185 Å². The van der Waals surface area contributed by atoms with E-state index in [1.165, 1.54) is 20.3 Å². The van der Waals surface area contributed by atoms with E-state index in [-0.39, 0.29) is 40.5 Å².